The largest absolute Gasteiger partial charge is 0.338 e. The normalized spacial score (nSPS) is 9.76. The number of carbonyl (C=O) groups excluding carboxylic acids is 1. The van der Waals surface area contributed by atoms with Crippen molar-refractivity contribution < 1.29 is 4.79 Å². The molecule has 1 heterocycles. The summed E-state index contributed by atoms with van der Waals surface area (Å²) >= 11 is 6.01. The summed E-state index contributed by atoms with van der Waals surface area (Å²) in [4.78, 5) is 17.8. The Morgan fingerprint density at radius 1 is 1.65 bits per heavy atom. The predicted octanol–water partition coefficient (Wildman–Crippen LogP) is 2.42. The zero-order valence-corrected chi connectivity index (χ0v) is 10.7. The average molecular weight is 252 g/mol. The average Bonchev–Trinajstić information content (AvgIpc) is 2.29. The third-order valence-corrected chi connectivity index (χ3v) is 2.70. The van der Waals surface area contributed by atoms with Crippen LogP contribution >= 0.6 is 11.6 Å². The topological polar surface area (TPSA) is 57.0 Å². The molecule has 1 amide bonds. The van der Waals surface area contributed by atoms with Crippen LogP contribution < -0.4 is 0 Å². The molecular formula is C12H14ClN3O. The van der Waals surface area contributed by atoms with E-state index in [9.17, 15) is 4.79 Å². The Kier molecular flexibility index (Phi) is 4.92. The molecule has 0 fully saturated rings. The molecule has 90 valence electrons. The first-order valence-electron chi connectivity index (χ1n) is 5.38. The van der Waals surface area contributed by atoms with Crippen LogP contribution in [0.4, 0.5) is 0 Å². The zero-order valence-electron chi connectivity index (χ0n) is 9.90. The molecule has 0 unspecified atom stereocenters. The van der Waals surface area contributed by atoms with E-state index in [1.807, 2.05) is 19.9 Å². The molecule has 0 saturated carbocycles. The minimum atomic E-state index is -0.180. The van der Waals surface area contributed by atoms with E-state index in [0.717, 1.165) is 5.69 Å². The van der Waals surface area contributed by atoms with Gasteiger partial charge in [-0.15, -0.1) is 0 Å². The van der Waals surface area contributed by atoms with Crippen LogP contribution in [-0.4, -0.2) is 28.9 Å². The molecule has 0 N–H and O–H groups in total. The van der Waals surface area contributed by atoms with Crippen molar-refractivity contribution in [3.8, 4) is 6.07 Å². The van der Waals surface area contributed by atoms with E-state index in [1.54, 1.807) is 11.0 Å². The maximum absolute atomic E-state index is 12.1. The van der Waals surface area contributed by atoms with Crippen molar-refractivity contribution in [3.63, 3.8) is 0 Å². The van der Waals surface area contributed by atoms with Crippen LogP contribution in [0, 0.1) is 18.3 Å². The molecule has 1 rings (SSSR count). The van der Waals surface area contributed by atoms with Crippen LogP contribution in [0.2, 0.25) is 5.02 Å². The Morgan fingerprint density at radius 3 is 2.88 bits per heavy atom. The van der Waals surface area contributed by atoms with Gasteiger partial charge in [0, 0.05) is 25.0 Å². The Bertz CT molecular complexity index is 454. The summed E-state index contributed by atoms with van der Waals surface area (Å²) < 4.78 is 0. The van der Waals surface area contributed by atoms with E-state index in [1.165, 1.54) is 6.20 Å². The fraction of sp³-hybridized carbons (Fsp3) is 0.417. The summed E-state index contributed by atoms with van der Waals surface area (Å²) in [6.45, 7) is 4.64. The molecule has 0 saturated heterocycles. The Morgan fingerprint density at radius 2 is 2.35 bits per heavy atom. The van der Waals surface area contributed by atoms with Crippen LogP contribution in [0.3, 0.4) is 0 Å². The lowest BCUT2D eigenvalue weighted by Gasteiger charge is -2.19. The SMILES string of the molecule is CCN(CCC#N)C(=O)c1cnc(C)cc1Cl. The number of pyridine rings is 1. The first-order chi connectivity index (χ1) is 8.10. The maximum Gasteiger partial charge on any atom is 0.256 e. The van der Waals surface area contributed by atoms with Gasteiger partial charge in [-0.2, -0.15) is 5.26 Å². The Balaban J connectivity index is 2.90. The van der Waals surface area contributed by atoms with Gasteiger partial charge in [-0.3, -0.25) is 9.78 Å². The van der Waals surface area contributed by atoms with Crippen molar-refractivity contribution in [2.75, 3.05) is 13.1 Å². The second kappa shape index (κ2) is 6.21. The van der Waals surface area contributed by atoms with Crippen LogP contribution in [0.1, 0.15) is 29.4 Å². The van der Waals surface area contributed by atoms with Crippen molar-refractivity contribution in [3.05, 3.63) is 28.5 Å². The van der Waals surface area contributed by atoms with E-state index in [-0.39, 0.29) is 5.91 Å². The standard InChI is InChI=1S/C12H14ClN3O/c1-3-16(6-4-5-14)12(17)10-8-15-9(2)7-11(10)13/h7-8H,3-4,6H2,1-2H3. The van der Waals surface area contributed by atoms with E-state index in [2.05, 4.69) is 4.98 Å². The molecule has 4 nitrogen and oxygen atoms in total. The highest BCUT2D eigenvalue weighted by Gasteiger charge is 2.17. The zero-order chi connectivity index (χ0) is 12.8. The molecule has 1 aromatic heterocycles. The van der Waals surface area contributed by atoms with Crippen LogP contribution in [0.25, 0.3) is 0 Å². The number of amides is 1. The molecule has 17 heavy (non-hydrogen) atoms. The van der Waals surface area contributed by atoms with Gasteiger partial charge in [-0.25, -0.2) is 0 Å². The van der Waals surface area contributed by atoms with Crippen LogP contribution in [0.5, 0.6) is 0 Å². The number of aromatic nitrogens is 1. The summed E-state index contributed by atoms with van der Waals surface area (Å²) in [5.74, 6) is -0.180. The second-order valence-corrected chi connectivity index (χ2v) is 4.01. The second-order valence-electron chi connectivity index (χ2n) is 3.60. The fourth-order valence-electron chi connectivity index (χ4n) is 1.44. The van der Waals surface area contributed by atoms with E-state index >= 15 is 0 Å². The van der Waals surface area contributed by atoms with Gasteiger partial charge in [0.25, 0.3) is 5.91 Å². The van der Waals surface area contributed by atoms with Gasteiger partial charge in [-0.1, -0.05) is 11.6 Å². The monoisotopic (exact) mass is 251 g/mol. The third kappa shape index (κ3) is 3.43. The number of hydrogen-bond donors (Lipinski definition) is 0. The molecule has 0 aliphatic carbocycles. The van der Waals surface area contributed by atoms with Crippen LogP contribution in [-0.2, 0) is 0 Å². The summed E-state index contributed by atoms with van der Waals surface area (Å²) in [6, 6.07) is 3.68. The minimum absolute atomic E-state index is 0.180. The third-order valence-electron chi connectivity index (χ3n) is 2.38. The summed E-state index contributed by atoms with van der Waals surface area (Å²) in [5.41, 5.74) is 1.16. The summed E-state index contributed by atoms with van der Waals surface area (Å²) in [6.07, 6.45) is 1.80. The van der Waals surface area contributed by atoms with Crippen molar-refractivity contribution in [1.82, 2.24) is 9.88 Å². The molecule has 0 aromatic carbocycles. The molecule has 0 spiro atoms. The molecule has 0 bridgehead atoms. The number of halogens is 1. The summed E-state index contributed by atoms with van der Waals surface area (Å²) in [7, 11) is 0. The van der Waals surface area contributed by atoms with Crippen molar-refractivity contribution >= 4 is 17.5 Å². The molecule has 0 atom stereocenters. The first-order valence-corrected chi connectivity index (χ1v) is 5.76. The molecule has 0 aliphatic heterocycles. The Hall–Kier alpha value is -1.60. The van der Waals surface area contributed by atoms with Gasteiger partial charge < -0.3 is 4.90 Å². The number of nitrogens with zero attached hydrogens (tertiary/aromatic N) is 3. The molecule has 5 heteroatoms. The fourth-order valence-corrected chi connectivity index (χ4v) is 1.73. The highest BCUT2D eigenvalue weighted by Crippen LogP contribution is 2.17. The van der Waals surface area contributed by atoms with E-state index in [4.69, 9.17) is 16.9 Å². The highest BCUT2D eigenvalue weighted by atomic mass is 35.5. The van der Waals surface area contributed by atoms with Gasteiger partial charge in [0.05, 0.1) is 23.1 Å². The first kappa shape index (κ1) is 13.5. The lowest BCUT2D eigenvalue weighted by Crippen LogP contribution is -2.32. The Labute approximate surface area is 106 Å². The lowest BCUT2D eigenvalue weighted by atomic mass is 10.2. The molecule has 0 aliphatic rings. The predicted molar refractivity (Wildman–Crippen MR) is 65.8 cm³/mol. The number of carbonyl (C=O) groups is 1. The minimum Gasteiger partial charge on any atom is -0.338 e. The summed E-state index contributed by atoms with van der Waals surface area (Å²) in [5, 5.41) is 8.93. The van der Waals surface area contributed by atoms with Gasteiger partial charge in [0.1, 0.15) is 0 Å². The van der Waals surface area contributed by atoms with Gasteiger partial charge in [0.15, 0.2) is 0 Å². The van der Waals surface area contributed by atoms with E-state index < -0.39 is 0 Å². The van der Waals surface area contributed by atoms with Crippen LogP contribution in [0.15, 0.2) is 12.3 Å². The number of hydrogen-bond acceptors (Lipinski definition) is 3. The molecule has 0 radical (unpaired) electrons. The van der Waals surface area contributed by atoms with E-state index in [0.29, 0.717) is 30.1 Å². The van der Waals surface area contributed by atoms with Crippen molar-refractivity contribution in [2.45, 2.75) is 20.3 Å². The number of nitriles is 1. The number of aryl methyl sites for hydroxylation is 1. The quantitative estimate of drug-likeness (QED) is 0.826. The van der Waals surface area contributed by atoms with Crippen molar-refractivity contribution in [2.24, 2.45) is 0 Å². The molecular weight excluding hydrogens is 238 g/mol. The maximum atomic E-state index is 12.1. The van der Waals surface area contributed by atoms with Crippen molar-refractivity contribution in [1.29, 1.82) is 5.26 Å². The highest BCUT2D eigenvalue weighted by molar-refractivity contribution is 6.33. The smallest absolute Gasteiger partial charge is 0.256 e. The van der Waals surface area contributed by atoms with Gasteiger partial charge >= 0.3 is 0 Å². The van der Waals surface area contributed by atoms with Gasteiger partial charge in [-0.05, 0) is 19.9 Å². The van der Waals surface area contributed by atoms with Gasteiger partial charge in [0.2, 0.25) is 0 Å². The molecule has 1 aromatic rings. The lowest BCUT2D eigenvalue weighted by molar-refractivity contribution is 0.0767. The number of rotatable bonds is 4.